The van der Waals surface area contributed by atoms with E-state index in [2.05, 4.69) is 5.32 Å². The Morgan fingerprint density at radius 3 is 2.46 bits per heavy atom. The van der Waals surface area contributed by atoms with Gasteiger partial charge in [0.2, 0.25) is 5.91 Å². The highest BCUT2D eigenvalue weighted by Gasteiger charge is 2.49. The quantitative estimate of drug-likeness (QED) is 0.772. The van der Waals surface area contributed by atoms with Gasteiger partial charge in [0.15, 0.2) is 5.60 Å². The lowest BCUT2D eigenvalue weighted by Crippen LogP contribution is -2.39. The number of hydrogen-bond acceptors (Lipinski definition) is 5. The third kappa shape index (κ3) is 2.65. The number of nitrogens with one attached hydrogen (secondary N) is 1. The van der Waals surface area contributed by atoms with Crippen molar-refractivity contribution in [3.63, 3.8) is 0 Å². The minimum absolute atomic E-state index is 0.0281. The van der Waals surface area contributed by atoms with Gasteiger partial charge in [-0.3, -0.25) is 19.8 Å². The van der Waals surface area contributed by atoms with E-state index in [1.165, 1.54) is 9.80 Å². The molecule has 3 heterocycles. The van der Waals surface area contributed by atoms with Crippen LogP contribution in [0, 0.1) is 0 Å². The van der Waals surface area contributed by atoms with Crippen LogP contribution in [0.5, 0.6) is 0 Å². The lowest BCUT2D eigenvalue weighted by atomic mass is 10.0. The highest BCUT2D eigenvalue weighted by atomic mass is 16.6. The van der Waals surface area contributed by atoms with E-state index in [0.29, 0.717) is 37.3 Å². The molecule has 1 atom stereocenters. The number of carbonyl (C=O) groups is 4. The Bertz CT molecular complexity index is 808. The molecule has 1 spiro atoms. The number of benzene rings is 1. The van der Waals surface area contributed by atoms with Gasteiger partial charge in [-0.1, -0.05) is 0 Å². The Labute approximate surface area is 149 Å². The summed E-state index contributed by atoms with van der Waals surface area (Å²) in [6.45, 7) is 1.34. The van der Waals surface area contributed by atoms with E-state index in [0.717, 1.165) is 0 Å². The number of amides is 5. The second-order valence-corrected chi connectivity index (χ2v) is 6.87. The van der Waals surface area contributed by atoms with Gasteiger partial charge in [-0.2, -0.15) is 0 Å². The molecule has 26 heavy (non-hydrogen) atoms. The van der Waals surface area contributed by atoms with Crippen molar-refractivity contribution in [3.8, 4) is 0 Å². The van der Waals surface area contributed by atoms with Gasteiger partial charge >= 0.3 is 12.1 Å². The van der Waals surface area contributed by atoms with Crippen molar-refractivity contribution in [1.82, 2.24) is 15.1 Å². The minimum atomic E-state index is -0.616. The molecule has 0 radical (unpaired) electrons. The standard InChI is InChI=1S/C17H18N4O5/c1-19-9-17(26-16(19)25)6-7-20(10-17)14(23)11-2-4-12(5-3-11)21-8-13(22)18-15(21)24/h2-5H,6-10H2,1H3,(H,18,22,24). The summed E-state index contributed by atoms with van der Waals surface area (Å²) >= 11 is 0. The van der Waals surface area contributed by atoms with Crippen LogP contribution in [-0.2, 0) is 9.53 Å². The maximum Gasteiger partial charge on any atom is 0.410 e. The highest BCUT2D eigenvalue weighted by molar-refractivity contribution is 6.12. The van der Waals surface area contributed by atoms with E-state index in [1.54, 1.807) is 36.2 Å². The van der Waals surface area contributed by atoms with Gasteiger partial charge in [0.1, 0.15) is 6.54 Å². The van der Waals surface area contributed by atoms with Crippen LogP contribution < -0.4 is 10.2 Å². The fourth-order valence-electron chi connectivity index (χ4n) is 3.64. The van der Waals surface area contributed by atoms with Crippen molar-refractivity contribution in [3.05, 3.63) is 29.8 Å². The predicted octanol–water partition coefficient (Wildman–Crippen LogP) is 0.409. The van der Waals surface area contributed by atoms with E-state index in [1.807, 2.05) is 0 Å². The van der Waals surface area contributed by atoms with E-state index in [9.17, 15) is 19.2 Å². The molecule has 3 aliphatic heterocycles. The molecule has 3 aliphatic rings. The van der Waals surface area contributed by atoms with Crippen molar-refractivity contribution < 1.29 is 23.9 Å². The van der Waals surface area contributed by atoms with Crippen LogP contribution in [-0.4, -0.2) is 72.6 Å². The average molecular weight is 358 g/mol. The van der Waals surface area contributed by atoms with Gasteiger partial charge in [-0.15, -0.1) is 0 Å². The highest BCUT2D eigenvalue weighted by Crippen LogP contribution is 2.32. The van der Waals surface area contributed by atoms with Crippen molar-refractivity contribution in [2.24, 2.45) is 0 Å². The van der Waals surface area contributed by atoms with Crippen LogP contribution in [0.15, 0.2) is 24.3 Å². The summed E-state index contributed by atoms with van der Waals surface area (Å²) in [6, 6.07) is 6.07. The fourth-order valence-corrected chi connectivity index (χ4v) is 3.64. The molecule has 3 saturated heterocycles. The second kappa shape index (κ2) is 5.72. The van der Waals surface area contributed by atoms with Crippen LogP contribution >= 0.6 is 0 Å². The summed E-state index contributed by atoms with van der Waals surface area (Å²) in [5.74, 6) is -0.505. The van der Waals surface area contributed by atoms with E-state index in [4.69, 9.17) is 4.74 Å². The van der Waals surface area contributed by atoms with Gasteiger partial charge in [-0.25, -0.2) is 9.59 Å². The van der Waals surface area contributed by atoms with Gasteiger partial charge in [-0.05, 0) is 24.3 Å². The lowest BCUT2D eigenvalue weighted by molar-refractivity contribution is -0.117. The largest absolute Gasteiger partial charge is 0.439 e. The number of carbonyl (C=O) groups excluding carboxylic acids is 4. The summed E-state index contributed by atoms with van der Waals surface area (Å²) in [7, 11) is 1.68. The summed E-state index contributed by atoms with van der Waals surface area (Å²) in [5.41, 5.74) is 0.415. The van der Waals surface area contributed by atoms with Gasteiger partial charge in [0, 0.05) is 31.3 Å². The molecular weight excluding hydrogens is 340 g/mol. The Morgan fingerprint density at radius 1 is 1.15 bits per heavy atom. The van der Waals surface area contributed by atoms with Crippen molar-refractivity contribution >= 4 is 29.6 Å². The first-order chi connectivity index (χ1) is 12.4. The molecule has 1 aromatic carbocycles. The minimum Gasteiger partial charge on any atom is -0.439 e. The molecule has 5 amide bonds. The molecular formula is C17H18N4O5. The Balaban J connectivity index is 1.45. The maximum absolute atomic E-state index is 12.7. The molecule has 4 rings (SSSR count). The number of anilines is 1. The van der Waals surface area contributed by atoms with Crippen molar-refractivity contribution in [2.75, 3.05) is 38.1 Å². The molecule has 1 aromatic rings. The monoisotopic (exact) mass is 358 g/mol. The Morgan fingerprint density at radius 2 is 1.88 bits per heavy atom. The molecule has 0 saturated carbocycles. The normalized spacial score (nSPS) is 25.3. The molecule has 0 aromatic heterocycles. The number of nitrogens with zero attached hydrogens (tertiary/aromatic N) is 3. The first-order valence-corrected chi connectivity index (χ1v) is 8.32. The lowest BCUT2D eigenvalue weighted by Gasteiger charge is -2.22. The fraction of sp³-hybridized carbons (Fsp3) is 0.412. The van der Waals surface area contributed by atoms with Gasteiger partial charge in [0.05, 0.1) is 13.1 Å². The summed E-state index contributed by atoms with van der Waals surface area (Å²) in [4.78, 5) is 51.8. The number of likely N-dealkylation sites (tertiary alicyclic amines) is 1. The number of ether oxygens (including phenoxy) is 1. The van der Waals surface area contributed by atoms with Gasteiger partial charge < -0.3 is 14.5 Å². The summed E-state index contributed by atoms with van der Waals surface area (Å²) < 4.78 is 5.46. The topological polar surface area (TPSA) is 99.3 Å². The average Bonchev–Trinajstić information content (AvgIpc) is 3.25. The number of hydrogen-bond donors (Lipinski definition) is 1. The van der Waals surface area contributed by atoms with Crippen molar-refractivity contribution in [2.45, 2.75) is 12.0 Å². The smallest absolute Gasteiger partial charge is 0.410 e. The van der Waals surface area contributed by atoms with E-state index < -0.39 is 11.6 Å². The molecule has 0 aliphatic carbocycles. The summed E-state index contributed by atoms with van der Waals surface area (Å²) in [6.07, 6.45) is 0.255. The van der Waals surface area contributed by atoms with Gasteiger partial charge in [0.25, 0.3) is 5.91 Å². The van der Waals surface area contributed by atoms with Crippen LogP contribution in [0.25, 0.3) is 0 Å². The second-order valence-electron chi connectivity index (χ2n) is 6.87. The van der Waals surface area contributed by atoms with Crippen LogP contribution in [0.1, 0.15) is 16.8 Å². The molecule has 0 bridgehead atoms. The molecule has 136 valence electrons. The number of urea groups is 1. The first-order valence-electron chi connectivity index (χ1n) is 8.32. The predicted molar refractivity (Wildman–Crippen MR) is 89.7 cm³/mol. The molecule has 9 nitrogen and oxygen atoms in total. The number of likely N-dealkylation sites (N-methyl/N-ethyl adjacent to an activating group) is 1. The number of imide groups is 1. The van der Waals surface area contributed by atoms with Crippen molar-refractivity contribution in [1.29, 1.82) is 0 Å². The van der Waals surface area contributed by atoms with E-state index in [-0.39, 0.29) is 24.5 Å². The first kappa shape index (κ1) is 16.4. The zero-order chi connectivity index (χ0) is 18.5. The third-order valence-corrected chi connectivity index (χ3v) is 4.96. The van der Waals surface area contributed by atoms with E-state index >= 15 is 0 Å². The Kier molecular flexibility index (Phi) is 3.60. The van der Waals surface area contributed by atoms with Crippen LogP contribution in [0.4, 0.5) is 15.3 Å². The Hall–Kier alpha value is -3.10. The molecule has 9 heteroatoms. The van der Waals surface area contributed by atoms with Crippen LogP contribution in [0.2, 0.25) is 0 Å². The third-order valence-electron chi connectivity index (χ3n) is 4.96. The molecule has 3 fully saturated rings. The van der Waals surface area contributed by atoms with Crippen LogP contribution in [0.3, 0.4) is 0 Å². The maximum atomic E-state index is 12.7. The molecule has 1 unspecified atom stereocenters. The zero-order valence-electron chi connectivity index (χ0n) is 14.2. The summed E-state index contributed by atoms with van der Waals surface area (Å²) in [5, 5.41) is 2.21. The number of rotatable bonds is 2. The molecule has 1 N–H and O–H groups in total. The zero-order valence-corrected chi connectivity index (χ0v) is 14.2. The SMILES string of the molecule is CN1CC2(CCN(C(=O)c3ccc(N4CC(=O)NC4=O)cc3)C2)OC1=O.